The van der Waals surface area contributed by atoms with Gasteiger partial charge in [0.2, 0.25) is 9.84 Å². The van der Waals surface area contributed by atoms with Crippen LogP contribution in [0.4, 0.5) is 0 Å². The van der Waals surface area contributed by atoms with Gasteiger partial charge in [0.1, 0.15) is 0 Å². The standard InChI is InChI=1S/C11H10N2O2S/c14-16(15,11-8-12-6-7-13-11)9-10-4-2-1-3-5-10/h1-8H,9H2. The number of sulfone groups is 1. The van der Waals surface area contributed by atoms with Gasteiger partial charge in [-0.15, -0.1) is 0 Å². The molecule has 1 aromatic carbocycles. The number of aromatic nitrogens is 2. The maximum absolute atomic E-state index is 11.9. The van der Waals surface area contributed by atoms with Crippen molar-refractivity contribution in [2.24, 2.45) is 0 Å². The molecule has 1 aromatic heterocycles. The molecule has 82 valence electrons. The van der Waals surface area contributed by atoms with Crippen molar-refractivity contribution in [3.05, 3.63) is 54.5 Å². The van der Waals surface area contributed by atoms with E-state index in [4.69, 9.17) is 0 Å². The predicted molar refractivity (Wildman–Crippen MR) is 59.4 cm³/mol. The van der Waals surface area contributed by atoms with E-state index in [-0.39, 0.29) is 10.8 Å². The van der Waals surface area contributed by atoms with E-state index in [9.17, 15) is 8.42 Å². The lowest BCUT2D eigenvalue weighted by Gasteiger charge is -2.02. The Morgan fingerprint density at radius 3 is 2.44 bits per heavy atom. The summed E-state index contributed by atoms with van der Waals surface area (Å²) in [5.74, 6) is -0.0491. The SMILES string of the molecule is O=S(=O)(Cc1ccccc1)c1cnccn1. The van der Waals surface area contributed by atoms with Gasteiger partial charge in [-0.1, -0.05) is 30.3 Å². The molecule has 2 rings (SSSR count). The molecule has 0 saturated carbocycles. The highest BCUT2D eigenvalue weighted by atomic mass is 32.2. The van der Waals surface area contributed by atoms with Crippen LogP contribution in [-0.4, -0.2) is 18.4 Å². The first kappa shape index (κ1) is 10.8. The monoisotopic (exact) mass is 234 g/mol. The van der Waals surface area contributed by atoms with Crippen molar-refractivity contribution in [3.63, 3.8) is 0 Å². The van der Waals surface area contributed by atoms with E-state index < -0.39 is 9.84 Å². The van der Waals surface area contributed by atoms with Crippen molar-refractivity contribution in [3.8, 4) is 0 Å². The van der Waals surface area contributed by atoms with E-state index in [2.05, 4.69) is 9.97 Å². The number of hydrogen-bond donors (Lipinski definition) is 0. The molecular formula is C11H10N2O2S. The summed E-state index contributed by atoms with van der Waals surface area (Å²) in [6, 6.07) is 9.00. The highest BCUT2D eigenvalue weighted by Gasteiger charge is 2.16. The average molecular weight is 234 g/mol. The second-order valence-electron chi connectivity index (χ2n) is 3.29. The van der Waals surface area contributed by atoms with E-state index in [1.54, 1.807) is 12.1 Å². The normalized spacial score (nSPS) is 11.2. The third-order valence-electron chi connectivity index (χ3n) is 2.06. The molecule has 0 N–H and O–H groups in total. The highest BCUT2D eigenvalue weighted by molar-refractivity contribution is 7.90. The number of rotatable bonds is 3. The summed E-state index contributed by atoms with van der Waals surface area (Å²) in [6.07, 6.45) is 4.08. The molecule has 0 spiro atoms. The lowest BCUT2D eigenvalue weighted by atomic mass is 10.2. The third-order valence-corrected chi connectivity index (χ3v) is 3.62. The van der Waals surface area contributed by atoms with Gasteiger partial charge >= 0.3 is 0 Å². The van der Waals surface area contributed by atoms with Crippen molar-refractivity contribution < 1.29 is 8.42 Å². The summed E-state index contributed by atoms with van der Waals surface area (Å²) in [6.45, 7) is 0. The molecule has 2 aromatic rings. The molecule has 0 saturated heterocycles. The summed E-state index contributed by atoms with van der Waals surface area (Å²) in [5.41, 5.74) is 0.744. The Morgan fingerprint density at radius 2 is 1.81 bits per heavy atom. The van der Waals surface area contributed by atoms with Gasteiger partial charge in [-0.05, 0) is 5.56 Å². The predicted octanol–water partition coefficient (Wildman–Crippen LogP) is 1.45. The molecule has 0 bridgehead atoms. The average Bonchev–Trinajstić information content (AvgIpc) is 2.31. The summed E-state index contributed by atoms with van der Waals surface area (Å²) in [4.78, 5) is 7.55. The van der Waals surface area contributed by atoms with Gasteiger partial charge in [-0.3, -0.25) is 4.98 Å². The number of hydrogen-bond acceptors (Lipinski definition) is 4. The molecule has 1 heterocycles. The Balaban J connectivity index is 2.29. The van der Waals surface area contributed by atoms with Crippen LogP contribution in [-0.2, 0) is 15.6 Å². The molecule has 0 aliphatic rings. The summed E-state index contributed by atoms with van der Waals surface area (Å²) < 4.78 is 23.8. The van der Waals surface area contributed by atoms with Crippen LogP contribution in [0.2, 0.25) is 0 Å². The minimum Gasteiger partial charge on any atom is -0.260 e. The van der Waals surface area contributed by atoms with Gasteiger partial charge in [0.15, 0.2) is 5.03 Å². The van der Waals surface area contributed by atoms with Crippen LogP contribution in [0.3, 0.4) is 0 Å². The maximum atomic E-state index is 11.9. The lowest BCUT2D eigenvalue weighted by molar-refractivity contribution is 0.591. The molecule has 0 amide bonds. The fraction of sp³-hybridized carbons (Fsp3) is 0.0909. The smallest absolute Gasteiger partial charge is 0.201 e. The lowest BCUT2D eigenvalue weighted by Crippen LogP contribution is -2.07. The van der Waals surface area contributed by atoms with Crippen LogP contribution in [0, 0.1) is 0 Å². The second-order valence-corrected chi connectivity index (χ2v) is 5.22. The van der Waals surface area contributed by atoms with Gasteiger partial charge in [0.05, 0.1) is 11.9 Å². The fourth-order valence-corrected chi connectivity index (χ4v) is 2.54. The highest BCUT2D eigenvalue weighted by Crippen LogP contribution is 2.12. The van der Waals surface area contributed by atoms with E-state index >= 15 is 0 Å². The van der Waals surface area contributed by atoms with E-state index in [0.29, 0.717) is 0 Å². The Hall–Kier alpha value is -1.75. The second kappa shape index (κ2) is 4.40. The van der Waals surface area contributed by atoms with Crippen LogP contribution in [0.15, 0.2) is 53.9 Å². The fourth-order valence-electron chi connectivity index (χ4n) is 1.31. The molecule has 0 fully saturated rings. The zero-order valence-corrected chi connectivity index (χ0v) is 9.26. The molecular weight excluding hydrogens is 224 g/mol. The molecule has 0 unspecified atom stereocenters. The van der Waals surface area contributed by atoms with Crippen LogP contribution >= 0.6 is 0 Å². The first-order valence-electron chi connectivity index (χ1n) is 4.71. The topological polar surface area (TPSA) is 59.9 Å². The van der Waals surface area contributed by atoms with Crippen molar-refractivity contribution in [1.82, 2.24) is 9.97 Å². The summed E-state index contributed by atoms with van der Waals surface area (Å²) in [7, 11) is -3.39. The minimum absolute atomic E-state index is 0.0128. The zero-order valence-electron chi connectivity index (χ0n) is 8.45. The first-order valence-corrected chi connectivity index (χ1v) is 6.36. The Labute approximate surface area is 93.9 Å². The van der Waals surface area contributed by atoms with Gasteiger partial charge in [-0.2, -0.15) is 0 Å². The largest absolute Gasteiger partial charge is 0.260 e. The summed E-state index contributed by atoms with van der Waals surface area (Å²) in [5, 5.41) is 0.0128. The van der Waals surface area contributed by atoms with E-state index in [1.165, 1.54) is 18.6 Å². The Kier molecular flexibility index (Phi) is 2.96. The molecule has 5 heteroatoms. The van der Waals surface area contributed by atoms with Crippen molar-refractivity contribution in [2.45, 2.75) is 10.8 Å². The quantitative estimate of drug-likeness (QED) is 0.806. The third kappa shape index (κ3) is 2.43. The zero-order chi connectivity index (χ0) is 11.4. The van der Waals surface area contributed by atoms with Crippen LogP contribution in [0.25, 0.3) is 0 Å². The van der Waals surface area contributed by atoms with Gasteiger partial charge < -0.3 is 0 Å². The Bertz CT molecular complexity index is 553. The van der Waals surface area contributed by atoms with Gasteiger partial charge in [0, 0.05) is 12.4 Å². The van der Waals surface area contributed by atoms with Gasteiger partial charge in [0.25, 0.3) is 0 Å². The van der Waals surface area contributed by atoms with Crippen LogP contribution < -0.4 is 0 Å². The van der Waals surface area contributed by atoms with Crippen LogP contribution in [0.1, 0.15) is 5.56 Å². The van der Waals surface area contributed by atoms with Crippen molar-refractivity contribution >= 4 is 9.84 Å². The summed E-state index contributed by atoms with van der Waals surface area (Å²) >= 11 is 0. The number of benzene rings is 1. The molecule has 0 atom stereocenters. The van der Waals surface area contributed by atoms with E-state index in [1.807, 2.05) is 18.2 Å². The van der Waals surface area contributed by atoms with Crippen molar-refractivity contribution in [2.75, 3.05) is 0 Å². The van der Waals surface area contributed by atoms with Crippen LogP contribution in [0.5, 0.6) is 0 Å². The van der Waals surface area contributed by atoms with Crippen molar-refractivity contribution in [1.29, 1.82) is 0 Å². The first-order chi connectivity index (χ1) is 7.68. The Morgan fingerprint density at radius 1 is 1.06 bits per heavy atom. The maximum Gasteiger partial charge on any atom is 0.201 e. The number of nitrogens with zero attached hydrogens (tertiary/aromatic N) is 2. The van der Waals surface area contributed by atoms with Gasteiger partial charge in [-0.25, -0.2) is 13.4 Å². The molecule has 16 heavy (non-hydrogen) atoms. The molecule has 0 aliphatic heterocycles. The molecule has 0 radical (unpaired) electrons. The van der Waals surface area contributed by atoms with E-state index in [0.717, 1.165) is 5.56 Å². The molecule has 0 aliphatic carbocycles. The molecule has 4 nitrogen and oxygen atoms in total. The minimum atomic E-state index is -3.39.